The van der Waals surface area contributed by atoms with E-state index in [0.717, 1.165) is 0 Å². The second-order valence-corrected chi connectivity index (χ2v) is 2.15. The molecule has 1 heterocycles. The molecule has 1 N–H and O–H groups in total. The fourth-order valence-electron chi connectivity index (χ4n) is 0.928. The highest BCUT2D eigenvalue weighted by atomic mass is 16.8. The summed E-state index contributed by atoms with van der Waals surface area (Å²) < 4.78 is 9.30. The molecule has 10 heavy (non-hydrogen) atoms. The van der Waals surface area contributed by atoms with E-state index in [1.807, 2.05) is 6.92 Å². The Morgan fingerprint density at radius 1 is 1.50 bits per heavy atom. The third-order valence-corrected chi connectivity index (χ3v) is 1.49. The molecule has 0 aromatic carbocycles. The largest absolute Gasteiger partial charge is 0.509 e. The van der Waals surface area contributed by atoms with Crippen molar-refractivity contribution in [2.45, 2.75) is 25.6 Å². The van der Waals surface area contributed by atoms with Gasteiger partial charge in [-0.15, -0.1) is 0 Å². The standard InChI is InChI=1S/C6H10O4/c1-2-4-5(3-7)10-6(8)9-4/h4-5,7H,2-3H2,1H3. The van der Waals surface area contributed by atoms with E-state index >= 15 is 0 Å². The first-order chi connectivity index (χ1) is 4.77. The molecule has 0 spiro atoms. The lowest BCUT2D eigenvalue weighted by molar-refractivity contribution is 0.0807. The molecule has 2 unspecified atom stereocenters. The van der Waals surface area contributed by atoms with E-state index in [-0.39, 0.29) is 12.7 Å². The highest BCUT2D eigenvalue weighted by Crippen LogP contribution is 2.16. The van der Waals surface area contributed by atoms with Crippen LogP contribution in [0.25, 0.3) is 0 Å². The Balaban J connectivity index is 2.48. The molecule has 0 aromatic rings. The molecule has 4 nitrogen and oxygen atoms in total. The first-order valence-electron chi connectivity index (χ1n) is 3.26. The number of cyclic esters (lactones) is 2. The van der Waals surface area contributed by atoms with Crippen molar-refractivity contribution in [2.24, 2.45) is 0 Å². The minimum absolute atomic E-state index is 0.162. The Kier molecular flexibility index (Phi) is 2.11. The minimum Gasteiger partial charge on any atom is -0.427 e. The van der Waals surface area contributed by atoms with E-state index in [2.05, 4.69) is 4.74 Å². The van der Waals surface area contributed by atoms with Crippen LogP contribution < -0.4 is 0 Å². The normalized spacial score (nSPS) is 31.6. The maximum absolute atomic E-state index is 10.4. The zero-order chi connectivity index (χ0) is 7.56. The van der Waals surface area contributed by atoms with Gasteiger partial charge in [0.25, 0.3) is 0 Å². The van der Waals surface area contributed by atoms with Crippen LogP contribution in [-0.4, -0.2) is 30.1 Å². The number of aliphatic hydroxyl groups excluding tert-OH is 1. The monoisotopic (exact) mass is 146 g/mol. The van der Waals surface area contributed by atoms with Gasteiger partial charge in [-0.25, -0.2) is 4.79 Å². The molecule has 1 aliphatic rings. The molecule has 1 aliphatic heterocycles. The maximum atomic E-state index is 10.4. The first-order valence-corrected chi connectivity index (χ1v) is 3.26. The molecular formula is C6H10O4. The van der Waals surface area contributed by atoms with Crippen molar-refractivity contribution >= 4 is 6.16 Å². The van der Waals surface area contributed by atoms with Gasteiger partial charge < -0.3 is 14.6 Å². The van der Waals surface area contributed by atoms with Crippen LogP contribution in [0, 0.1) is 0 Å². The summed E-state index contributed by atoms with van der Waals surface area (Å²) in [5.74, 6) is 0. The molecule has 1 saturated heterocycles. The molecule has 0 aliphatic carbocycles. The van der Waals surface area contributed by atoms with E-state index in [0.29, 0.717) is 6.42 Å². The number of carbonyl (C=O) groups excluding carboxylic acids is 1. The number of hydrogen-bond donors (Lipinski definition) is 1. The predicted molar refractivity (Wildman–Crippen MR) is 32.5 cm³/mol. The lowest BCUT2D eigenvalue weighted by atomic mass is 10.2. The first kappa shape index (κ1) is 7.34. The van der Waals surface area contributed by atoms with Crippen LogP contribution in [0.3, 0.4) is 0 Å². The summed E-state index contributed by atoms with van der Waals surface area (Å²) >= 11 is 0. The SMILES string of the molecule is CCC1OC(=O)OC1CO. The van der Waals surface area contributed by atoms with Crippen LogP contribution in [0.4, 0.5) is 4.79 Å². The van der Waals surface area contributed by atoms with Gasteiger partial charge in [0.2, 0.25) is 0 Å². The zero-order valence-corrected chi connectivity index (χ0v) is 5.74. The van der Waals surface area contributed by atoms with Crippen molar-refractivity contribution in [3.05, 3.63) is 0 Å². The van der Waals surface area contributed by atoms with Gasteiger partial charge in [0.1, 0.15) is 6.10 Å². The highest BCUT2D eigenvalue weighted by Gasteiger charge is 2.34. The Morgan fingerprint density at radius 2 is 2.10 bits per heavy atom. The lowest BCUT2D eigenvalue weighted by Gasteiger charge is -2.08. The summed E-state index contributed by atoms with van der Waals surface area (Å²) in [6.07, 6.45) is -0.724. The van der Waals surface area contributed by atoms with Gasteiger partial charge in [-0.2, -0.15) is 0 Å². The van der Waals surface area contributed by atoms with Crippen LogP contribution in [0.15, 0.2) is 0 Å². The van der Waals surface area contributed by atoms with Gasteiger partial charge >= 0.3 is 6.16 Å². The molecule has 0 amide bonds. The summed E-state index contributed by atoms with van der Waals surface area (Å²) in [4.78, 5) is 10.4. The van der Waals surface area contributed by atoms with Crippen LogP contribution in [0.1, 0.15) is 13.3 Å². The average molecular weight is 146 g/mol. The number of carbonyl (C=O) groups is 1. The van der Waals surface area contributed by atoms with E-state index in [1.165, 1.54) is 0 Å². The van der Waals surface area contributed by atoms with Gasteiger partial charge in [0, 0.05) is 0 Å². The van der Waals surface area contributed by atoms with Crippen molar-refractivity contribution < 1.29 is 19.4 Å². The zero-order valence-electron chi connectivity index (χ0n) is 5.74. The third kappa shape index (κ3) is 1.21. The van der Waals surface area contributed by atoms with Crippen molar-refractivity contribution in [3.8, 4) is 0 Å². The quantitative estimate of drug-likeness (QED) is 0.569. The Bertz CT molecular complexity index is 120. The average Bonchev–Trinajstić information content (AvgIpc) is 2.30. The number of rotatable bonds is 2. The summed E-state index contributed by atoms with van der Waals surface area (Å²) in [7, 11) is 0. The topological polar surface area (TPSA) is 55.8 Å². The summed E-state index contributed by atoms with van der Waals surface area (Å²) in [6.45, 7) is 1.71. The van der Waals surface area contributed by atoms with Crippen LogP contribution >= 0.6 is 0 Å². The predicted octanol–water partition coefficient (Wildman–Crippen LogP) is 0.293. The number of aliphatic hydroxyl groups is 1. The summed E-state index contributed by atoms with van der Waals surface area (Å²) in [6, 6.07) is 0. The fraction of sp³-hybridized carbons (Fsp3) is 0.833. The lowest BCUT2D eigenvalue weighted by Crippen LogP contribution is -2.25. The second-order valence-electron chi connectivity index (χ2n) is 2.15. The van der Waals surface area contributed by atoms with Crippen LogP contribution in [-0.2, 0) is 9.47 Å². The Labute approximate surface area is 58.7 Å². The maximum Gasteiger partial charge on any atom is 0.509 e. The number of hydrogen-bond acceptors (Lipinski definition) is 4. The van der Waals surface area contributed by atoms with Gasteiger partial charge in [-0.3, -0.25) is 0 Å². The minimum atomic E-state index is -0.675. The Hall–Kier alpha value is -0.770. The van der Waals surface area contributed by atoms with Crippen LogP contribution in [0.2, 0.25) is 0 Å². The fourth-order valence-corrected chi connectivity index (χ4v) is 0.928. The summed E-state index contributed by atoms with van der Waals surface area (Å²) in [5.41, 5.74) is 0. The third-order valence-electron chi connectivity index (χ3n) is 1.49. The van der Waals surface area contributed by atoms with E-state index in [4.69, 9.17) is 9.84 Å². The molecule has 0 saturated carbocycles. The van der Waals surface area contributed by atoms with E-state index < -0.39 is 12.3 Å². The second kappa shape index (κ2) is 2.88. The van der Waals surface area contributed by atoms with Crippen LogP contribution in [0.5, 0.6) is 0 Å². The highest BCUT2D eigenvalue weighted by molar-refractivity contribution is 5.62. The van der Waals surface area contributed by atoms with E-state index in [1.54, 1.807) is 0 Å². The van der Waals surface area contributed by atoms with Crippen molar-refractivity contribution in [1.29, 1.82) is 0 Å². The Morgan fingerprint density at radius 3 is 2.50 bits per heavy atom. The molecule has 0 aromatic heterocycles. The van der Waals surface area contributed by atoms with Crippen molar-refractivity contribution in [2.75, 3.05) is 6.61 Å². The summed E-state index contributed by atoms with van der Waals surface area (Å²) in [5, 5.41) is 8.63. The van der Waals surface area contributed by atoms with Gasteiger partial charge in [-0.1, -0.05) is 6.92 Å². The molecule has 1 fully saturated rings. The number of ether oxygens (including phenoxy) is 2. The smallest absolute Gasteiger partial charge is 0.427 e. The van der Waals surface area contributed by atoms with Gasteiger partial charge in [-0.05, 0) is 6.42 Å². The molecule has 4 heteroatoms. The van der Waals surface area contributed by atoms with E-state index in [9.17, 15) is 4.79 Å². The molecule has 58 valence electrons. The molecule has 1 rings (SSSR count). The molecule has 2 atom stereocenters. The van der Waals surface area contributed by atoms with Crippen molar-refractivity contribution in [3.63, 3.8) is 0 Å². The van der Waals surface area contributed by atoms with Gasteiger partial charge in [0.05, 0.1) is 6.61 Å². The molecule has 0 bridgehead atoms. The molecular weight excluding hydrogens is 136 g/mol. The molecule has 0 radical (unpaired) electrons. The van der Waals surface area contributed by atoms with Crippen molar-refractivity contribution in [1.82, 2.24) is 0 Å². The van der Waals surface area contributed by atoms with Gasteiger partial charge in [0.15, 0.2) is 6.10 Å².